The Hall–Kier alpha value is -2.70. The summed E-state index contributed by atoms with van der Waals surface area (Å²) in [5.41, 5.74) is 0.332. The molecule has 6 nitrogen and oxygen atoms in total. The van der Waals surface area contributed by atoms with Gasteiger partial charge < -0.3 is 10.1 Å². The molecule has 0 bridgehead atoms. The summed E-state index contributed by atoms with van der Waals surface area (Å²) in [6, 6.07) is 3.88. The van der Waals surface area contributed by atoms with Crippen LogP contribution in [0.25, 0.3) is 16.7 Å². The maximum atomic E-state index is 13.2. The van der Waals surface area contributed by atoms with E-state index in [1.54, 1.807) is 6.92 Å². The Morgan fingerprint density at radius 2 is 2.21 bits per heavy atom. The molecule has 0 aliphatic heterocycles. The number of halogens is 1. The highest BCUT2D eigenvalue weighted by molar-refractivity contribution is 5.89. The van der Waals surface area contributed by atoms with Crippen LogP contribution in [0, 0.1) is 12.7 Å². The van der Waals surface area contributed by atoms with Crippen LogP contribution in [-0.4, -0.2) is 25.4 Å². The van der Waals surface area contributed by atoms with Crippen molar-refractivity contribution >= 4 is 22.6 Å². The largest absolute Gasteiger partial charge is 0.476 e. The number of carbonyl (C=O) groups is 1. The van der Waals surface area contributed by atoms with Gasteiger partial charge in [0, 0.05) is 0 Å². The highest BCUT2D eigenvalue weighted by atomic mass is 19.1. The molecule has 0 saturated carbocycles. The van der Waals surface area contributed by atoms with Gasteiger partial charge in [0.05, 0.1) is 16.7 Å². The van der Waals surface area contributed by atoms with Crippen molar-refractivity contribution in [3.8, 4) is 0 Å². The molecule has 2 aromatic heterocycles. The van der Waals surface area contributed by atoms with E-state index in [-0.39, 0.29) is 16.9 Å². The van der Waals surface area contributed by atoms with Crippen LogP contribution >= 0.6 is 0 Å². The second-order valence-corrected chi connectivity index (χ2v) is 4.13. The number of hydrogen-bond donors (Lipinski definition) is 2. The number of aryl methyl sites for hydroxylation is 1. The van der Waals surface area contributed by atoms with E-state index in [0.29, 0.717) is 11.2 Å². The minimum Gasteiger partial charge on any atom is -0.476 e. The molecule has 0 saturated heterocycles. The lowest BCUT2D eigenvalue weighted by Gasteiger charge is -2.03. The van der Waals surface area contributed by atoms with Crippen molar-refractivity contribution in [1.82, 2.24) is 14.4 Å². The number of nitrogens with one attached hydrogen (secondary N) is 1. The zero-order chi connectivity index (χ0) is 13.7. The Morgan fingerprint density at radius 3 is 2.89 bits per heavy atom. The predicted octanol–water partition coefficient (Wildman–Crippen LogP) is 1.32. The van der Waals surface area contributed by atoms with Gasteiger partial charge >= 0.3 is 5.97 Å². The smallest absolute Gasteiger partial charge is 0.356 e. The van der Waals surface area contributed by atoms with Crippen molar-refractivity contribution in [2.45, 2.75) is 6.92 Å². The van der Waals surface area contributed by atoms with Crippen molar-refractivity contribution in [2.24, 2.45) is 0 Å². The summed E-state index contributed by atoms with van der Waals surface area (Å²) in [6.07, 6.45) is 0. The summed E-state index contributed by atoms with van der Waals surface area (Å²) in [4.78, 5) is 29.2. The first-order chi connectivity index (χ1) is 8.99. The lowest BCUT2D eigenvalue weighted by molar-refractivity contribution is 0.0690. The monoisotopic (exact) mass is 261 g/mol. The van der Waals surface area contributed by atoms with Crippen LogP contribution in [0.1, 0.15) is 16.2 Å². The number of rotatable bonds is 1. The zero-order valence-electron chi connectivity index (χ0n) is 9.77. The van der Waals surface area contributed by atoms with E-state index in [1.807, 2.05) is 0 Å². The SMILES string of the molecule is Cc1c(C(=O)O)nc2c(=O)[nH]c3cc(F)ccc3n12. The van der Waals surface area contributed by atoms with Gasteiger partial charge in [-0.25, -0.2) is 14.2 Å². The number of fused-ring (bicyclic) bond motifs is 3. The second-order valence-electron chi connectivity index (χ2n) is 4.13. The van der Waals surface area contributed by atoms with E-state index in [4.69, 9.17) is 5.11 Å². The number of aromatic nitrogens is 3. The number of carboxylic acid groups (broad SMARTS) is 1. The summed E-state index contributed by atoms with van der Waals surface area (Å²) in [5, 5.41) is 9.03. The van der Waals surface area contributed by atoms with Crippen LogP contribution in [0.5, 0.6) is 0 Å². The molecule has 0 atom stereocenters. The predicted molar refractivity (Wildman–Crippen MR) is 65.0 cm³/mol. The van der Waals surface area contributed by atoms with Crippen LogP contribution in [0.3, 0.4) is 0 Å². The molecule has 2 heterocycles. The van der Waals surface area contributed by atoms with Gasteiger partial charge in [0.25, 0.3) is 5.56 Å². The number of nitrogens with zero attached hydrogens (tertiary/aromatic N) is 2. The first-order valence-corrected chi connectivity index (χ1v) is 5.43. The van der Waals surface area contributed by atoms with Crippen LogP contribution in [0.15, 0.2) is 23.0 Å². The zero-order valence-corrected chi connectivity index (χ0v) is 9.77. The van der Waals surface area contributed by atoms with E-state index in [2.05, 4.69) is 9.97 Å². The van der Waals surface area contributed by atoms with Crippen molar-refractivity contribution in [3.63, 3.8) is 0 Å². The van der Waals surface area contributed by atoms with E-state index in [9.17, 15) is 14.0 Å². The van der Waals surface area contributed by atoms with Crippen LogP contribution in [-0.2, 0) is 0 Å². The number of hydrogen-bond acceptors (Lipinski definition) is 3. The van der Waals surface area contributed by atoms with Crippen molar-refractivity contribution in [1.29, 1.82) is 0 Å². The second kappa shape index (κ2) is 3.64. The first-order valence-electron chi connectivity index (χ1n) is 5.43. The maximum absolute atomic E-state index is 13.2. The summed E-state index contributed by atoms with van der Waals surface area (Å²) in [6.45, 7) is 1.55. The molecule has 0 aliphatic rings. The molecule has 1 aromatic carbocycles. The first kappa shape index (κ1) is 11.4. The molecular formula is C12H8FN3O3. The van der Waals surface area contributed by atoms with Crippen LogP contribution < -0.4 is 5.56 Å². The van der Waals surface area contributed by atoms with Crippen molar-refractivity contribution in [3.05, 3.63) is 45.8 Å². The molecule has 3 aromatic rings. The molecule has 3 rings (SSSR count). The standard InChI is InChI=1S/C12H8FN3O3/c1-5-9(12(18)19)15-10-11(17)14-7-4-6(13)2-3-8(7)16(5)10/h2-4H,1H3,(H,14,17)(H,18,19). The molecule has 2 N–H and O–H groups in total. The number of imidazole rings is 1. The number of aromatic carboxylic acids is 1. The Morgan fingerprint density at radius 1 is 1.47 bits per heavy atom. The van der Waals surface area contributed by atoms with Crippen LogP contribution in [0.2, 0.25) is 0 Å². The molecule has 7 heteroatoms. The topological polar surface area (TPSA) is 87.5 Å². The third kappa shape index (κ3) is 1.51. The van der Waals surface area contributed by atoms with Gasteiger partial charge in [-0.3, -0.25) is 9.20 Å². The molecule has 0 aliphatic carbocycles. The average molecular weight is 261 g/mol. The van der Waals surface area contributed by atoms with Gasteiger partial charge in [-0.2, -0.15) is 0 Å². The quantitative estimate of drug-likeness (QED) is 0.691. The van der Waals surface area contributed by atoms with E-state index in [1.165, 1.54) is 22.6 Å². The van der Waals surface area contributed by atoms with Gasteiger partial charge in [-0.15, -0.1) is 0 Å². The van der Waals surface area contributed by atoms with Crippen molar-refractivity contribution < 1.29 is 14.3 Å². The molecule has 0 spiro atoms. The fourth-order valence-electron chi connectivity index (χ4n) is 2.13. The van der Waals surface area contributed by atoms with Gasteiger partial charge in [0.1, 0.15) is 5.82 Å². The van der Waals surface area contributed by atoms with Gasteiger partial charge in [0.2, 0.25) is 5.65 Å². The molecule has 96 valence electrons. The summed E-state index contributed by atoms with van der Waals surface area (Å²) in [7, 11) is 0. The normalized spacial score (nSPS) is 11.3. The highest BCUT2D eigenvalue weighted by Gasteiger charge is 2.18. The van der Waals surface area contributed by atoms with Gasteiger partial charge in [0.15, 0.2) is 5.69 Å². The third-order valence-electron chi connectivity index (χ3n) is 2.96. The minimum atomic E-state index is -1.21. The Labute approximate surface area is 105 Å². The molecule has 0 amide bonds. The molecule has 0 fully saturated rings. The lowest BCUT2D eigenvalue weighted by Crippen LogP contribution is -2.11. The van der Waals surface area contributed by atoms with E-state index in [0.717, 1.165) is 0 Å². The summed E-state index contributed by atoms with van der Waals surface area (Å²) < 4.78 is 14.6. The van der Waals surface area contributed by atoms with Gasteiger partial charge in [-0.05, 0) is 25.1 Å². The Bertz CT molecular complexity index is 894. The molecular weight excluding hydrogens is 253 g/mol. The Balaban J connectivity index is 2.60. The fraction of sp³-hybridized carbons (Fsp3) is 0.0833. The van der Waals surface area contributed by atoms with Crippen molar-refractivity contribution in [2.75, 3.05) is 0 Å². The number of aromatic amines is 1. The minimum absolute atomic E-state index is 0.0194. The number of benzene rings is 1. The number of H-pyrrole nitrogens is 1. The average Bonchev–Trinajstić information content (AvgIpc) is 2.68. The Kier molecular flexibility index (Phi) is 2.19. The third-order valence-corrected chi connectivity index (χ3v) is 2.96. The maximum Gasteiger partial charge on any atom is 0.356 e. The molecule has 0 unspecified atom stereocenters. The van der Waals surface area contributed by atoms with E-state index < -0.39 is 17.3 Å². The highest BCUT2D eigenvalue weighted by Crippen LogP contribution is 2.17. The lowest BCUT2D eigenvalue weighted by atomic mass is 10.2. The number of carboxylic acids is 1. The fourth-order valence-corrected chi connectivity index (χ4v) is 2.13. The van der Waals surface area contributed by atoms with Gasteiger partial charge in [-0.1, -0.05) is 0 Å². The van der Waals surface area contributed by atoms with E-state index >= 15 is 0 Å². The van der Waals surface area contributed by atoms with Crippen LogP contribution in [0.4, 0.5) is 4.39 Å². The summed E-state index contributed by atoms with van der Waals surface area (Å²) in [5.74, 6) is -1.70. The summed E-state index contributed by atoms with van der Waals surface area (Å²) >= 11 is 0. The molecule has 0 radical (unpaired) electrons. The molecule has 19 heavy (non-hydrogen) atoms.